The van der Waals surface area contributed by atoms with Crippen molar-refractivity contribution in [2.24, 2.45) is 0 Å². The molecule has 0 amide bonds. The van der Waals surface area contributed by atoms with E-state index in [1.165, 1.54) is 0 Å². The lowest BCUT2D eigenvalue weighted by Crippen LogP contribution is -2.05. The molecule has 1 rings (SSSR count). The number of nitrogens with one attached hydrogen (secondary N) is 1. The lowest BCUT2D eigenvalue weighted by molar-refractivity contribution is 0.0687. The first kappa shape index (κ1) is 12.7. The predicted octanol–water partition coefficient (Wildman–Crippen LogP) is 1.99. The van der Waals surface area contributed by atoms with Crippen molar-refractivity contribution in [2.75, 3.05) is 6.61 Å². The number of aryl methyl sites for hydroxylation is 1. The number of aromatic carboxylic acids is 1. The Morgan fingerprint density at radius 1 is 1.50 bits per heavy atom. The van der Waals surface area contributed by atoms with Crippen LogP contribution in [-0.2, 0) is 17.8 Å². The van der Waals surface area contributed by atoms with E-state index >= 15 is 0 Å². The fraction of sp³-hybridized carbons (Fsp3) is 0.636. The smallest absolute Gasteiger partial charge is 0.339 e. The minimum absolute atomic E-state index is 0.275. The van der Waals surface area contributed by atoms with Gasteiger partial charge in [0.05, 0.1) is 18.0 Å². The lowest BCUT2D eigenvalue weighted by atomic mass is 10.1. The number of aromatic amines is 1. The van der Waals surface area contributed by atoms with Gasteiger partial charge in [-0.2, -0.15) is 5.10 Å². The van der Waals surface area contributed by atoms with Gasteiger partial charge in [-0.3, -0.25) is 5.10 Å². The number of carboxylic acids is 1. The Morgan fingerprint density at radius 2 is 2.25 bits per heavy atom. The molecule has 5 heteroatoms. The van der Waals surface area contributed by atoms with Crippen LogP contribution in [0.4, 0.5) is 0 Å². The number of unbranched alkanes of at least 4 members (excludes halogenated alkanes) is 1. The highest BCUT2D eigenvalue weighted by atomic mass is 16.5. The molecule has 0 aliphatic carbocycles. The van der Waals surface area contributed by atoms with E-state index in [0.29, 0.717) is 24.4 Å². The highest BCUT2D eigenvalue weighted by Gasteiger charge is 2.18. The fourth-order valence-electron chi connectivity index (χ4n) is 1.51. The first-order valence-electron chi connectivity index (χ1n) is 5.57. The highest BCUT2D eigenvalue weighted by molar-refractivity contribution is 5.90. The molecule has 0 aromatic carbocycles. The van der Waals surface area contributed by atoms with Gasteiger partial charge >= 0.3 is 5.97 Å². The summed E-state index contributed by atoms with van der Waals surface area (Å²) in [7, 11) is 0. The summed E-state index contributed by atoms with van der Waals surface area (Å²) in [5, 5.41) is 15.9. The van der Waals surface area contributed by atoms with Crippen LogP contribution in [0.25, 0.3) is 0 Å². The van der Waals surface area contributed by atoms with Crippen molar-refractivity contribution in [3.05, 3.63) is 17.0 Å². The number of H-pyrrole nitrogens is 1. The average molecular weight is 226 g/mol. The number of rotatable bonds is 7. The maximum atomic E-state index is 11.1. The van der Waals surface area contributed by atoms with Crippen LogP contribution in [0.15, 0.2) is 0 Å². The standard InChI is InChI=1S/C11H18N2O3/c1-3-5-6-8-10(11(14)15)9(13-12-8)7-16-4-2/h3-7H2,1-2H3,(H,12,13)(H,14,15). The molecular weight excluding hydrogens is 208 g/mol. The second kappa shape index (κ2) is 6.27. The number of ether oxygens (including phenoxy) is 1. The van der Waals surface area contributed by atoms with Gasteiger partial charge in [0.25, 0.3) is 0 Å². The number of aromatic nitrogens is 2. The molecular formula is C11H18N2O3. The summed E-state index contributed by atoms with van der Waals surface area (Å²) in [6.07, 6.45) is 2.66. The van der Waals surface area contributed by atoms with Crippen LogP contribution in [-0.4, -0.2) is 27.9 Å². The molecule has 0 aliphatic heterocycles. The van der Waals surface area contributed by atoms with E-state index in [1.807, 2.05) is 6.92 Å². The Kier molecular flexibility index (Phi) is 4.98. The van der Waals surface area contributed by atoms with E-state index < -0.39 is 5.97 Å². The number of nitrogens with zero attached hydrogens (tertiary/aromatic N) is 1. The number of carbonyl (C=O) groups is 1. The van der Waals surface area contributed by atoms with Gasteiger partial charge in [-0.05, 0) is 19.8 Å². The van der Waals surface area contributed by atoms with Crippen molar-refractivity contribution in [1.29, 1.82) is 0 Å². The number of hydrogen-bond acceptors (Lipinski definition) is 3. The summed E-state index contributed by atoms with van der Waals surface area (Å²) in [5.41, 5.74) is 1.46. The van der Waals surface area contributed by atoms with Crippen LogP contribution in [0.3, 0.4) is 0 Å². The van der Waals surface area contributed by atoms with E-state index in [9.17, 15) is 4.79 Å². The third-order valence-electron chi connectivity index (χ3n) is 2.35. The highest BCUT2D eigenvalue weighted by Crippen LogP contribution is 2.15. The zero-order valence-corrected chi connectivity index (χ0v) is 9.75. The maximum absolute atomic E-state index is 11.1. The molecule has 90 valence electrons. The van der Waals surface area contributed by atoms with Gasteiger partial charge in [0.1, 0.15) is 5.56 Å². The molecule has 0 spiro atoms. The van der Waals surface area contributed by atoms with E-state index in [1.54, 1.807) is 0 Å². The summed E-state index contributed by atoms with van der Waals surface area (Å²) >= 11 is 0. The predicted molar refractivity (Wildman–Crippen MR) is 59.5 cm³/mol. The van der Waals surface area contributed by atoms with Gasteiger partial charge in [-0.25, -0.2) is 4.79 Å². The molecule has 0 atom stereocenters. The van der Waals surface area contributed by atoms with E-state index in [-0.39, 0.29) is 12.2 Å². The molecule has 5 nitrogen and oxygen atoms in total. The maximum Gasteiger partial charge on any atom is 0.339 e. The van der Waals surface area contributed by atoms with Crippen molar-refractivity contribution in [3.8, 4) is 0 Å². The van der Waals surface area contributed by atoms with Gasteiger partial charge in [0.15, 0.2) is 0 Å². The first-order chi connectivity index (χ1) is 7.70. The second-order valence-corrected chi connectivity index (χ2v) is 3.57. The second-order valence-electron chi connectivity index (χ2n) is 3.57. The molecule has 2 N–H and O–H groups in total. The molecule has 0 saturated heterocycles. The molecule has 0 aliphatic rings. The van der Waals surface area contributed by atoms with Crippen molar-refractivity contribution >= 4 is 5.97 Å². The Hall–Kier alpha value is -1.36. The van der Waals surface area contributed by atoms with Crippen molar-refractivity contribution in [2.45, 2.75) is 39.7 Å². The summed E-state index contributed by atoms with van der Waals surface area (Å²) in [5.74, 6) is -0.936. The monoisotopic (exact) mass is 226 g/mol. The third-order valence-corrected chi connectivity index (χ3v) is 2.35. The molecule has 0 fully saturated rings. The van der Waals surface area contributed by atoms with Crippen LogP contribution >= 0.6 is 0 Å². The topological polar surface area (TPSA) is 75.2 Å². The summed E-state index contributed by atoms with van der Waals surface area (Å²) in [4.78, 5) is 11.1. The van der Waals surface area contributed by atoms with Gasteiger partial charge in [0, 0.05) is 6.61 Å². The fourth-order valence-corrected chi connectivity index (χ4v) is 1.51. The summed E-state index contributed by atoms with van der Waals surface area (Å²) < 4.78 is 5.19. The summed E-state index contributed by atoms with van der Waals surface area (Å²) in [6, 6.07) is 0. The molecule has 1 heterocycles. The van der Waals surface area contributed by atoms with Crippen molar-refractivity contribution in [3.63, 3.8) is 0 Å². The quantitative estimate of drug-likeness (QED) is 0.745. The average Bonchev–Trinajstić information content (AvgIpc) is 2.66. The molecule has 0 bridgehead atoms. The largest absolute Gasteiger partial charge is 0.478 e. The number of carboxylic acid groups (broad SMARTS) is 1. The van der Waals surface area contributed by atoms with Crippen LogP contribution in [0.5, 0.6) is 0 Å². The molecule has 16 heavy (non-hydrogen) atoms. The van der Waals surface area contributed by atoms with Gasteiger partial charge in [-0.15, -0.1) is 0 Å². The third kappa shape index (κ3) is 3.06. The minimum atomic E-state index is -0.936. The SMILES string of the molecule is CCCCc1n[nH]c(COCC)c1C(=O)O. The van der Waals surface area contributed by atoms with Crippen LogP contribution in [0.2, 0.25) is 0 Å². The molecule has 0 radical (unpaired) electrons. The molecule has 1 aromatic heterocycles. The van der Waals surface area contributed by atoms with E-state index in [2.05, 4.69) is 17.1 Å². The van der Waals surface area contributed by atoms with E-state index in [4.69, 9.17) is 9.84 Å². The normalized spacial score (nSPS) is 10.6. The Morgan fingerprint density at radius 3 is 2.81 bits per heavy atom. The van der Waals surface area contributed by atoms with Crippen molar-refractivity contribution < 1.29 is 14.6 Å². The summed E-state index contributed by atoms with van der Waals surface area (Å²) in [6.45, 7) is 4.77. The van der Waals surface area contributed by atoms with Crippen molar-refractivity contribution in [1.82, 2.24) is 10.2 Å². The van der Waals surface area contributed by atoms with Crippen LogP contribution < -0.4 is 0 Å². The van der Waals surface area contributed by atoms with Gasteiger partial charge < -0.3 is 9.84 Å². The Bertz CT molecular complexity index is 321. The molecule has 0 unspecified atom stereocenters. The zero-order chi connectivity index (χ0) is 12.0. The Balaban J connectivity index is 2.84. The van der Waals surface area contributed by atoms with Crippen LogP contribution in [0.1, 0.15) is 48.4 Å². The van der Waals surface area contributed by atoms with E-state index in [0.717, 1.165) is 12.8 Å². The van der Waals surface area contributed by atoms with Gasteiger partial charge in [0.2, 0.25) is 0 Å². The molecule has 1 aromatic rings. The Labute approximate surface area is 94.8 Å². The first-order valence-corrected chi connectivity index (χ1v) is 5.57. The minimum Gasteiger partial charge on any atom is -0.478 e. The van der Waals surface area contributed by atoms with Crippen LogP contribution in [0, 0.1) is 0 Å². The lowest BCUT2D eigenvalue weighted by Gasteiger charge is -2.01. The molecule has 0 saturated carbocycles. The zero-order valence-electron chi connectivity index (χ0n) is 9.75. The number of hydrogen-bond donors (Lipinski definition) is 2. The van der Waals surface area contributed by atoms with Gasteiger partial charge in [-0.1, -0.05) is 13.3 Å².